The molecule has 2 saturated carbocycles. The zero-order valence-electron chi connectivity index (χ0n) is 21.4. The second-order valence-corrected chi connectivity index (χ2v) is 12.4. The van der Waals surface area contributed by atoms with Gasteiger partial charge in [-0.05, 0) is 62.6 Å². The van der Waals surface area contributed by atoms with E-state index in [1.807, 2.05) is 0 Å². The van der Waals surface area contributed by atoms with Crippen molar-refractivity contribution in [3.63, 3.8) is 0 Å². The van der Waals surface area contributed by atoms with Crippen LogP contribution in [0, 0.1) is 62.6 Å². The van der Waals surface area contributed by atoms with Crippen molar-refractivity contribution in [3.05, 3.63) is 0 Å². The van der Waals surface area contributed by atoms with Crippen LogP contribution >= 0.6 is 0 Å². The summed E-state index contributed by atoms with van der Waals surface area (Å²) in [5.41, 5.74) is 1.90. The molecule has 0 nitrogen and oxygen atoms in total. The fourth-order valence-corrected chi connectivity index (χ4v) is 9.44. The summed E-state index contributed by atoms with van der Waals surface area (Å²) in [4.78, 5) is 0. The Hall–Kier alpha value is 0. The van der Waals surface area contributed by atoms with Crippen LogP contribution in [-0.4, -0.2) is 0 Å². The Labute approximate surface area is 172 Å². The van der Waals surface area contributed by atoms with Crippen molar-refractivity contribution in [1.82, 2.24) is 0 Å². The van der Waals surface area contributed by atoms with Gasteiger partial charge in [-0.2, -0.15) is 0 Å². The van der Waals surface area contributed by atoms with Gasteiger partial charge in [-0.3, -0.25) is 0 Å². The summed E-state index contributed by atoms with van der Waals surface area (Å²) in [7, 11) is 0. The molecule has 0 aromatic carbocycles. The lowest BCUT2D eigenvalue weighted by atomic mass is 9.18. The summed E-state index contributed by atoms with van der Waals surface area (Å²) in [5.74, 6) is 4.71. The minimum atomic E-state index is 0.348. The quantitative estimate of drug-likeness (QED) is 0.435. The highest BCUT2D eigenvalue weighted by Gasteiger charge is 2.81. The molecule has 2 rings (SSSR count). The van der Waals surface area contributed by atoms with Crippen LogP contribution in [0.3, 0.4) is 0 Å². The lowest BCUT2D eigenvalue weighted by molar-refractivity contribution is -0.385. The standard InChI is InChI=1S/C27H52/c1-15-17(3)23(9,10)25(12)21(7)22(8)27(25,14)26(13)20(6)19(5)24(26,11)18(4)16-2/h17-22H,15-16H2,1-14H3. The first-order valence-corrected chi connectivity index (χ1v) is 12.1. The molecule has 0 aromatic heterocycles. The van der Waals surface area contributed by atoms with Crippen molar-refractivity contribution >= 4 is 0 Å². The highest BCUT2D eigenvalue weighted by atomic mass is 14.9. The predicted octanol–water partition coefficient (Wildman–Crippen LogP) is 8.70. The summed E-state index contributed by atoms with van der Waals surface area (Å²) in [6.45, 7) is 36.0. The average molecular weight is 377 g/mol. The third-order valence-corrected chi connectivity index (χ3v) is 13.3. The Kier molecular flexibility index (Phi) is 5.60. The monoisotopic (exact) mass is 376 g/mol. The van der Waals surface area contributed by atoms with E-state index in [0.717, 1.165) is 35.5 Å². The molecule has 0 amide bonds. The van der Waals surface area contributed by atoms with Gasteiger partial charge in [-0.15, -0.1) is 0 Å². The molecule has 2 aliphatic rings. The number of rotatable bonds is 6. The smallest absolute Gasteiger partial charge is 0.0174 e. The molecule has 0 aliphatic heterocycles. The van der Waals surface area contributed by atoms with Crippen molar-refractivity contribution in [2.45, 2.75) is 110 Å². The Morgan fingerprint density at radius 1 is 0.704 bits per heavy atom. The Morgan fingerprint density at radius 2 is 1.15 bits per heavy atom. The van der Waals surface area contributed by atoms with E-state index in [4.69, 9.17) is 0 Å². The Bertz CT molecular complexity index is 554. The molecule has 0 aromatic rings. The van der Waals surface area contributed by atoms with Crippen LogP contribution in [-0.2, 0) is 0 Å². The van der Waals surface area contributed by atoms with Gasteiger partial charge in [0.05, 0.1) is 0 Å². The Morgan fingerprint density at radius 3 is 1.56 bits per heavy atom. The molecule has 10 atom stereocenters. The second kappa shape index (κ2) is 6.50. The molecule has 27 heavy (non-hydrogen) atoms. The number of hydrogen-bond acceptors (Lipinski definition) is 0. The van der Waals surface area contributed by atoms with Gasteiger partial charge in [0.2, 0.25) is 0 Å². The van der Waals surface area contributed by atoms with Gasteiger partial charge in [0.15, 0.2) is 0 Å². The first kappa shape index (κ1) is 23.3. The predicted molar refractivity (Wildman–Crippen MR) is 122 cm³/mol. The Balaban J connectivity index is 2.70. The molecule has 0 saturated heterocycles. The van der Waals surface area contributed by atoms with Crippen molar-refractivity contribution < 1.29 is 0 Å². The van der Waals surface area contributed by atoms with E-state index in [9.17, 15) is 0 Å². The van der Waals surface area contributed by atoms with E-state index < -0.39 is 0 Å². The fourth-order valence-electron chi connectivity index (χ4n) is 9.44. The maximum Gasteiger partial charge on any atom is -0.0174 e. The second-order valence-electron chi connectivity index (χ2n) is 12.4. The van der Waals surface area contributed by atoms with E-state index in [2.05, 4.69) is 96.9 Å². The lowest BCUT2D eigenvalue weighted by Gasteiger charge is -2.85. The van der Waals surface area contributed by atoms with Crippen LogP contribution in [0.4, 0.5) is 0 Å². The molecule has 2 aliphatic carbocycles. The van der Waals surface area contributed by atoms with Gasteiger partial charge in [0, 0.05) is 0 Å². The first-order valence-electron chi connectivity index (χ1n) is 12.1. The summed E-state index contributed by atoms with van der Waals surface area (Å²) >= 11 is 0. The van der Waals surface area contributed by atoms with Crippen LogP contribution < -0.4 is 0 Å². The molecule has 0 heteroatoms. The fraction of sp³-hybridized carbons (Fsp3) is 1.00. The van der Waals surface area contributed by atoms with Crippen LogP contribution in [0.5, 0.6) is 0 Å². The van der Waals surface area contributed by atoms with Gasteiger partial charge in [-0.1, -0.05) is 110 Å². The van der Waals surface area contributed by atoms with Crippen LogP contribution in [0.15, 0.2) is 0 Å². The SMILES string of the molecule is CCC(C)C(C)(C)C1(C)C(C)C(C)C1(C)C1(C)C(C)C(C)C1(C)C(C)CC. The molecule has 2 fully saturated rings. The summed E-state index contributed by atoms with van der Waals surface area (Å²) < 4.78 is 0. The maximum absolute atomic E-state index is 2.71. The van der Waals surface area contributed by atoms with Gasteiger partial charge < -0.3 is 0 Å². The highest BCUT2D eigenvalue weighted by Crippen LogP contribution is 2.86. The zero-order valence-corrected chi connectivity index (χ0v) is 21.4. The summed E-state index contributed by atoms with van der Waals surface area (Å²) in [5, 5.41) is 0. The third kappa shape index (κ3) is 2.12. The number of hydrogen-bond donors (Lipinski definition) is 0. The molecule has 160 valence electrons. The topological polar surface area (TPSA) is 0 Å². The molecule has 0 heterocycles. The van der Waals surface area contributed by atoms with E-state index in [0.29, 0.717) is 27.1 Å². The van der Waals surface area contributed by atoms with Gasteiger partial charge >= 0.3 is 0 Å². The van der Waals surface area contributed by atoms with Crippen LogP contribution in [0.1, 0.15) is 110 Å². The molecular formula is C27H52. The van der Waals surface area contributed by atoms with E-state index in [1.54, 1.807) is 0 Å². The molecule has 0 bridgehead atoms. The summed E-state index contributed by atoms with van der Waals surface area (Å²) in [6.07, 6.45) is 2.58. The minimum absolute atomic E-state index is 0.348. The van der Waals surface area contributed by atoms with Gasteiger partial charge in [0.1, 0.15) is 0 Å². The maximum atomic E-state index is 2.71. The van der Waals surface area contributed by atoms with E-state index in [1.165, 1.54) is 12.8 Å². The first-order chi connectivity index (χ1) is 12.1. The van der Waals surface area contributed by atoms with Crippen molar-refractivity contribution in [3.8, 4) is 0 Å². The summed E-state index contributed by atoms with van der Waals surface area (Å²) in [6, 6.07) is 0. The van der Waals surface area contributed by atoms with E-state index >= 15 is 0 Å². The normalized spacial score (nSPS) is 52.7. The minimum Gasteiger partial charge on any atom is -0.0651 e. The highest BCUT2D eigenvalue weighted by molar-refractivity contribution is 5.28. The van der Waals surface area contributed by atoms with Crippen molar-refractivity contribution in [2.24, 2.45) is 62.6 Å². The molecule has 0 N–H and O–H groups in total. The van der Waals surface area contributed by atoms with Crippen LogP contribution in [0.25, 0.3) is 0 Å². The average Bonchev–Trinajstić information content (AvgIpc) is 2.67. The van der Waals surface area contributed by atoms with Crippen molar-refractivity contribution in [1.29, 1.82) is 0 Å². The van der Waals surface area contributed by atoms with Crippen LogP contribution in [0.2, 0.25) is 0 Å². The molecular weight excluding hydrogens is 324 g/mol. The van der Waals surface area contributed by atoms with Crippen molar-refractivity contribution in [2.75, 3.05) is 0 Å². The largest absolute Gasteiger partial charge is 0.0651 e. The molecule has 10 unspecified atom stereocenters. The molecule has 0 spiro atoms. The molecule has 0 radical (unpaired) electrons. The lowest BCUT2D eigenvalue weighted by Crippen LogP contribution is -2.81. The third-order valence-electron chi connectivity index (χ3n) is 13.3. The van der Waals surface area contributed by atoms with E-state index in [-0.39, 0.29) is 0 Å². The van der Waals surface area contributed by atoms with Gasteiger partial charge in [-0.25, -0.2) is 0 Å². The zero-order chi connectivity index (χ0) is 21.4. The van der Waals surface area contributed by atoms with Gasteiger partial charge in [0.25, 0.3) is 0 Å².